The fourth-order valence-electron chi connectivity index (χ4n) is 2.09. The number of anilines is 1. The molecule has 2 aromatic rings. The Labute approximate surface area is 136 Å². The van der Waals surface area contributed by atoms with Gasteiger partial charge in [0.2, 0.25) is 0 Å². The number of halogens is 3. The summed E-state index contributed by atoms with van der Waals surface area (Å²) in [6.45, 7) is 3.92. The minimum absolute atomic E-state index is 0.259. The standard InChI is InChI=1S/C17H15F3N2O2/c1-3-21-16(23)10-4-5-15(9(2)6-10)22-17(24)11-7-13(19)14(20)8-12(11)18/h4-8H,3H2,1-2H3,(H,21,23)(H,22,24). The molecule has 2 rings (SSSR count). The molecular weight excluding hydrogens is 321 g/mol. The van der Waals surface area contributed by atoms with Crippen molar-refractivity contribution in [1.29, 1.82) is 0 Å². The van der Waals surface area contributed by atoms with Gasteiger partial charge in [0.15, 0.2) is 11.6 Å². The summed E-state index contributed by atoms with van der Waals surface area (Å²) in [5.74, 6) is -5.02. The summed E-state index contributed by atoms with van der Waals surface area (Å²) in [5, 5.41) is 5.05. The molecule has 0 aliphatic carbocycles. The highest BCUT2D eigenvalue weighted by molar-refractivity contribution is 6.05. The van der Waals surface area contributed by atoms with Gasteiger partial charge in [0.1, 0.15) is 5.82 Å². The number of hydrogen-bond acceptors (Lipinski definition) is 2. The van der Waals surface area contributed by atoms with Crippen LogP contribution in [0.3, 0.4) is 0 Å². The van der Waals surface area contributed by atoms with Crippen molar-refractivity contribution in [3.05, 3.63) is 64.5 Å². The highest BCUT2D eigenvalue weighted by atomic mass is 19.2. The number of carbonyl (C=O) groups excluding carboxylic acids is 2. The topological polar surface area (TPSA) is 58.2 Å². The van der Waals surface area contributed by atoms with Crippen LogP contribution < -0.4 is 10.6 Å². The molecule has 0 bridgehead atoms. The summed E-state index contributed by atoms with van der Waals surface area (Å²) >= 11 is 0. The fourth-order valence-corrected chi connectivity index (χ4v) is 2.09. The Morgan fingerprint density at radius 3 is 2.25 bits per heavy atom. The quantitative estimate of drug-likeness (QED) is 0.841. The lowest BCUT2D eigenvalue weighted by Gasteiger charge is -2.11. The van der Waals surface area contributed by atoms with E-state index in [0.29, 0.717) is 35.5 Å². The van der Waals surface area contributed by atoms with Gasteiger partial charge in [-0.25, -0.2) is 13.2 Å². The van der Waals surface area contributed by atoms with Gasteiger partial charge in [0.05, 0.1) is 5.56 Å². The summed E-state index contributed by atoms with van der Waals surface area (Å²) < 4.78 is 39.7. The van der Waals surface area contributed by atoms with Crippen molar-refractivity contribution >= 4 is 17.5 Å². The van der Waals surface area contributed by atoms with E-state index in [2.05, 4.69) is 10.6 Å². The zero-order valence-corrected chi connectivity index (χ0v) is 13.0. The van der Waals surface area contributed by atoms with Crippen LogP contribution in [0.25, 0.3) is 0 Å². The summed E-state index contributed by atoms with van der Waals surface area (Å²) in [5.41, 5.74) is 0.694. The molecule has 0 fully saturated rings. The van der Waals surface area contributed by atoms with Crippen molar-refractivity contribution in [3.8, 4) is 0 Å². The maximum atomic E-state index is 13.6. The van der Waals surface area contributed by atoms with Gasteiger partial charge in [-0.1, -0.05) is 0 Å². The Balaban J connectivity index is 2.24. The lowest BCUT2D eigenvalue weighted by Crippen LogP contribution is -2.23. The van der Waals surface area contributed by atoms with E-state index in [0.717, 1.165) is 0 Å². The normalized spacial score (nSPS) is 10.4. The molecule has 2 aromatic carbocycles. The minimum atomic E-state index is -1.37. The first-order valence-electron chi connectivity index (χ1n) is 7.18. The Morgan fingerprint density at radius 1 is 0.958 bits per heavy atom. The number of rotatable bonds is 4. The fraction of sp³-hybridized carbons (Fsp3) is 0.176. The zero-order chi connectivity index (χ0) is 17.9. The van der Waals surface area contributed by atoms with E-state index >= 15 is 0 Å². The minimum Gasteiger partial charge on any atom is -0.352 e. The van der Waals surface area contributed by atoms with Gasteiger partial charge in [0.25, 0.3) is 11.8 Å². The SMILES string of the molecule is CCNC(=O)c1ccc(NC(=O)c2cc(F)c(F)cc2F)c(C)c1. The highest BCUT2D eigenvalue weighted by Crippen LogP contribution is 2.20. The van der Waals surface area contributed by atoms with Gasteiger partial charge in [-0.15, -0.1) is 0 Å². The number of amides is 2. The molecule has 0 radical (unpaired) electrons. The van der Waals surface area contributed by atoms with Crippen molar-refractivity contribution in [2.24, 2.45) is 0 Å². The van der Waals surface area contributed by atoms with Crippen molar-refractivity contribution in [2.45, 2.75) is 13.8 Å². The first-order valence-corrected chi connectivity index (χ1v) is 7.18. The molecule has 0 aromatic heterocycles. The molecular formula is C17H15F3N2O2. The predicted octanol–water partition coefficient (Wildman–Crippen LogP) is 3.41. The van der Waals surface area contributed by atoms with Crippen molar-refractivity contribution in [3.63, 3.8) is 0 Å². The molecule has 0 unspecified atom stereocenters. The van der Waals surface area contributed by atoms with E-state index < -0.39 is 28.9 Å². The molecule has 0 saturated heterocycles. The summed E-state index contributed by atoms with van der Waals surface area (Å²) in [6.07, 6.45) is 0. The Kier molecular flexibility index (Phi) is 5.23. The molecule has 7 heteroatoms. The first-order chi connectivity index (χ1) is 11.3. The Morgan fingerprint density at radius 2 is 1.62 bits per heavy atom. The van der Waals surface area contributed by atoms with E-state index in [4.69, 9.17) is 0 Å². The van der Waals surface area contributed by atoms with E-state index in [-0.39, 0.29) is 5.91 Å². The maximum absolute atomic E-state index is 13.6. The van der Waals surface area contributed by atoms with E-state index in [1.54, 1.807) is 19.9 Å². The van der Waals surface area contributed by atoms with E-state index in [1.165, 1.54) is 12.1 Å². The molecule has 0 atom stereocenters. The third-order valence-corrected chi connectivity index (χ3v) is 3.33. The second-order valence-corrected chi connectivity index (χ2v) is 5.09. The number of nitrogens with one attached hydrogen (secondary N) is 2. The Hall–Kier alpha value is -2.83. The van der Waals surface area contributed by atoms with Gasteiger partial charge in [0, 0.05) is 23.9 Å². The van der Waals surface area contributed by atoms with E-state index in [9.17, 15) is 22.8 Å². The first kappa shape index (κ1) is 17.5. The van der Waals surface area contributed by atoms with Crippen molar-refractivity contribution < 1.29 is 22.8 Å². The molecule has 126 valence electrons. The molecule has 0 aliphatic heterocycles. The van der Waals surface area contributed by atoms with Crippen LogP contribution in [-0.2, 0) is 0 Å². The molecule has 4 nitrogen and oxygen atoms in total. The summed E-state index contributed by atoms with van der Waals surface area (Å²) in [7, 11) is 0. The van der Waals surface area contributed by atoms with Crippen molar-refractivity contribution in [1.82, 2.24) is 5.32 Å². The van der Waals surface area contributed by atoms with Crippen LogP contribution in [0.4, 0.5) is 18.9 Å². The van der Waals surface area contributed by atoms with Crippen LogP contribution >= 0.6 is 0 Å². The average molecular weight is 336 g/mol. The van der Waals surface area contributed by atoms with Gasteiger partial charge in [-0.05, 0) is 43.7 Å². The molecule has 2 amide bonds. The van der Waals surface area contributed by atoms with Crippen LogP contribution in [0, 0.1) is 24.4 Å². The molecule has 0 saturated carbocycles. The summed E-state index contributed by atoms with van der Waals surface area (Å²) in [6, 6.07) is 5.35. The molecule has 0 aliphatic rings. The monoisotopic (exact) mass is 336 g/mol. The van der Waals surface area contributed by atoms with Crippen molar-refractivity contribution in [2.75, 3.05) is 11.9 Å². The second kappa shape index (κ2) is 7.16. The molecule has 24 heavy (non-hydrogen) atoms. The summed E-state index contributed by atoms with van der Waals surface area (Å²) in [4.78, 5) is 23.8. The van der Waals surface area contributed by atoms with Crippen LogP contribution in [0.5, 0.6) is 0 Å². The van der Waals surface area contributed by atoms with Crippen LogP contribution in [0.2, 0.25) is 0 Å². The molecule has 0 heterocycles. The van der Waals surface area contributed by atoms with Gasteiger partial charge in [-0.3, -0.25) is 9.59 Å². The number of hydrogen-bond donors (Lipinski definition) is 2. The number of carbonyl (C=O) groups is 2. The average Bonchev–Trinajstić information content (AvgIpc) is 2.52. The third kappa shape index (κ3) is 3.73. The third-order valence-electron chi connectivity index (χ3n) is 3.33. The Bertz CT molecular complexity index is 807. The maximum Gasteiger partial charge on any atom is 0.258 e. The lowest BCUT2D eigenvalue weighted by atomic mass is 10.1. The van der Waals surface area contributed by atoms with Gasteiger partial charge < -0.3 is 10.6 Å². The van der Waals surface area contributed by atoms with Crippen LogP contribution in [-0.4, -0.2) is 18.4 Å². The van der Waals surface area contributed by atoms with Gasteiger partial charge >= 0.3 is 0 Å². The van der Waals surface area contributed by atoms with E-state index in [1.807, 2.05) is 0 Å². The van der Waals surface area contributed by atoms with Crippen LogP contribution in [0.15, 0.2) is 30.3 Å². The van der Waals surface area contributed by atoms with Gasteiger partial charge in [-0.2, -0.15) is 0 Å². The number of benzene rings is 2. The smallest absolute Gasteiger partial charge is 0.258 e. The highest BCUT2D eigenvalue weighted by Gasteiger charge is 2.17. The number of aryl methyl sites for hydroxylation is 1. The van der Waals surface area contributed by atoms with Crippen LogP contribution in [0.1, 0.15) is 33.2 Å². The largest absolute Gasteiger partial charge is 0.352 e. The predicted molar refractivity (Wildman–Crippen MR) is 83.5 cm³/mol. The molecule has 0 spiro atoms. The lowest BCUT2D eigenvalue weighted by molar-refractivity contribution is 0.0955. The second-order valence-electron chi connectivity index (χ2n) is 5.09. The zero-order valence-electron chi connectivity index (χ0n) is 13.0. The molecule has 2 N–H and O–H groups in total.